The van der Waals surface area contributed by atoms with Gasteiger partial charge in [-0.25, -0.2) is 19.3 Å². The second kappa shape index (κ2) is 12.8. The summed E-state index contributed by atoms with van der Waals surface area (Å²) in [5, 5.41) is 10.9. The second-order valence-corrected chi connectivity index (χ2v) is 12.5. The summed E-state index contributed by atoms with van der Waals surface area (Å²) in [6.07, 6.45) is 4.54. The zero-order valence-corrected chi connectivity index (χ0v) is 24.9. The number of hydrazine groups is 1. The fourth-order valence-corrected chi connectivity index (χ4v) is 7.42. The minimum Gasteiger partial charge on any atom is -0.481 e. The number of ether oxygens (including phenoxy) is 1. The molecule has 0 saturated carbocycles. The molecule has 0 amide bonds. The normalized spacial score (nSPS) is 19.3. The maximum absolute atomic E-state index is 13.9. The van der Waals surface area contributed by atoms with Gasteiger partial charge in [0.25, 0.3) is 0 Å². The number of benzene rings is 2. The third-order valence-corrected chi connectivity index (χ3v) is 9.53. The van der Waals surface area contributed by atoms with Crippen molar-refractivity contribution in [1.29, 1.82) is 0 Å². The summed E-state index contributed by atoms with van der Waals surface area (Å²) in [6.45, 7) is 0.636. The smallest absolute Gasteiger partial charge is 0.387 e. The van der Waals surface area contributed by atoms with Crippen LogP contribution in [-0.4, -0.2) is 57.4 Å². The van der Waals surface area contributed by atoms with E-state index >= 15 is 0 Å². The van der Waals surface area contributed by atoms with Crippen LogP contribution in [-0.2, 0) is 22.3 Å². The topological polar surface area (TPSA) is 138 Å². The number of nitrogen functional groups attached to an aromatic ring is 1. The lowest BCUT2D eigenvalue weighted by Crippen LogP contribution is -2.45. The summed E-state index contributed by atoms with van der Waals surface area (Å²) in [5.74, 6) is 4.54. The molecule has 5 N–H and O–H groups in total. The number of carbonyl (C=O) groups is 1. The molecule has 5 rings (SSSR count). The predicted molar refractivity (Wildman–Crippen MR) is 161 cm³/mol. The molecule has 0 spiro atoms. The minimum absolute atomic E-state index is 0.0675. The molecule has 3 heterocycles. The van der Waals surface area contributed by atoms with Crippen LogP contribution in [0.5, 0.6) is 5.75 Å². The Balaban J connectivity index is 1.52. The highest BCUT2D eigenvalue weighted by atomic mass is 32.2. The first-order valence-corrected chi connectivity index (χ1v) is 15.2. The van der Waals surface area contributed by atoms with E-state index in [9.17, 15) is 22.9 Å². The SMILES string of the molecule is Cc1ccc([C@H](CC(=O)O)c2cc(N)c(N(C)N)c(OC(F)F)c2)cc1CN1CC2CCCCN2c2ncccc2S1=O. The Labute approximate surface area is 251 Å². The summed E-state index contributed by atoms with van der Waals surface area (Å²) in [6, 6.07) is 12.3. The minimum atomic E-state index is -3.13. The maximum atomic E-state index is 13.9. The monoisotopic (exact) mass is 614 g/mol. The molecular formula is C30H36F2N6O4S. The van der Waals surface area contributed by atoms with Gasteiger partial charge in [-0.1, -0.05) is 18.2 Å². The van der Waals surface area contributed by atoms with Crippen molar-refractivity contribution in [2.24, 2.45) is 5.84 Å². The number of alkyl halides is 2. The molecule has 10 nitrogen and oxygen atoms in total. The molecule has 0 aliphatic carbocycles. The quantitative estimate of drug-likeness (QED) is 0.182. The Morgan fingerprint density at radius 1 is 1.23 bits per heavy atom. The number of carboxylic acids is 1. The molecular weight excluding hydrogens is 578 g/mol. The fraction of sp³-hybridized carbons (Fsp3) is 0.400. The Morgan fingerprint density at radius 2 is 2.02 bits per heavy atom. The molecule has 13 heteroatoms. The van der Waals surface area contributed by atoms with Gasteiger partial charge in [-0.15, -0.1) is 0 Å². The number of pyridine rings is 1. The molecule has 1 fully saturated rings. The van der Waals surface area contributed by atoms with E-state index in [2.05, 4.69) is 9.88 Å². The summed E-state index contributed by atoms with van der Waals surface area (Å²) < 4.78 is 47.2. The lowest BCUT2D eigenvalue weighted by Gasteiger charge is -2.36. The molecule has 0 bridgehead atoms. The number of aromatic nitrogens is 1. The number of piperidine rings is 1. The van der Waals surface area contributed by atoms with Gasteiger partial charge in [0.05, 0.1) is 17.0 Å². The largest absolute Gasteiger partial charge is 0.481 e. The zero-order valence-electron chi connectivity index (χ0n) is 24.1. The van der Waals surface area contributed by atoms with Crippen molar-refractivity contribution in [3.63, 3.8) is 0 Å². The van der Waals surface area contributed by atoms with Gasteiger partial charge in [0.15, 0.2) is 5.75 Å². The number of rotatable bonds is 9. The van der Waals surface area contributed by atoms with Gasteiger partial charge in [-0.05, 0) is 72.7 Å². The number of hydrogen-bond donors (Lipinski definition) is 3. The van der Waals surface area contributed by atoms with Gasteiger partial charge in [-0.2, -0.15) is 8.78 Å². The molecule has 3 aromatic rings. The van der Waals surface area contributed by atoms with Crippen LogP contribution in [0.15, 0.2) is 53.6 Å². The number of aryl methyl sites for hydroxylation is 1. The van der Waals surface area contributed by atoms with E-state index < -0.39 is 29.5 Å². The molecule has 0 radical (unpaired) electrons. The average molecular weight is 615 g/mol. The molecule has 2 aliphatic heterocycles. The fourth-order valence-electron chi connectivity index (χ4n) is 6.06. The van der Waals surface area contributed by atoms with Crippen molar-refractivity contribution in [1.82, 2.24) is 9.29 Å². The molecule has 2 aromatic carbocycles. The van der Waals surface area contributed by atoms with Crippen LogP contribution in [0.3, 0.4) is 0 Å². The van der Waals surface area contributed by atoms with E-state index in [0.717, 1.165) is 47.8 Å². The lowest BCUT2D eigenvalue weighted by atomic mass is 9.86. The van der Waals surface area contributed by atoms with E-state index in [1.54, 1.807) is 12.3 Å². The van der Waals surface area contributed by atoms with Crippen molar-refractivity contribution in [2.45, 2.75) is 62.6 Å². The van der Waals surface area contributed by atoms with Crippen molar-refractivity contribution >= 4 is 34.1 Å². The maximum Gasteiger partial charge on any atom is 0.387 e. The molecule has 3 atom stereocenters. The standard InChI is InChI=1S/C30H36F2N6O4S/c1-18-8-9-19(23(15-27(39)40)20-13-24(33)28(36(2)34)25(14-20)42-30(31)32)12-21(18)16-37-17-22-6-3-4-11-38(22)29-26(43(37)41)7-5-10-35-29/h5,7-10,12-14,22-23,30H,3-4,6,11,15-17,33-34H2,1-2H3,(H,39,40)/t22?,23-,43?/m0/s1. The van der Waals surface area contributed by atoms with Crippen molar-refractivity contribution in [3.05, 3.63) is 70.9 Å². The van der Waals surface area contributed by atoms with Crippen LogP contribution in [0.4, 0.5) is 26.0 Å². The van der Waals surface area contributed by atoms with E-state index in [4.69, 9.17) is 16.3 Å². The second-order valence-electron chi connectivity index (χ2n) is 11.0. The van der Waals surface area contributed by atoms with Crippen LogP contribution in [0.2, 0.25) is 0 Å². The number of hydrogen-bond acceptors (Lipinski definition) is 8. The average Bonchev–Trinajstić information content (AvgIpc) is 3.06. The molecule has 2 unspecified atom stereocenters. The van der Waals surface area contributed by atoms with Crippen molar-refractivity contribution in [3.8, 4) is 5.75 Å². The number of nitrogens with two attached hydrogens (primary N) is 2. The van der Waals surface area contributed by atoms with E-state index in [0.29, 0.717) is 29.1 Å². The number of anilines is 3. The predicted octanol–water partition coefficient (Wildman–Crippen LogP) is 4.39. The first-order valence-electron chi connectivity index (χ1n) is 14.1. The third kappa shape index (κ3) is 6.58. The summed E-state index contributed by atoms with van der Waals surface area (Å²) >= 11 is 0. The molecule has 230 valence electrons. The highest BCUT2D eigenvalue weighted by Crippen LogP contribution is 2.41. The number of carboxylic acid groups (broad SMARTS) is 1. The molecule has 1 aromatic heterocycles. The van der Waals surface area contributed by atoms with Crippen molar-refractivity contribution < 1.29 is 27.6 Å². The number of aliphatic carboxylic acids is 1. The van der Waals surface area contributed by atoms with Crippen LogP contribution in [0, 0.1) is 6.92 Å². The van der Waals surface area contributed by atoms with E-state index in [1.165, 1.54) is 19.2 Å². The number of fused-ring (bicyclic) bond motifs is 3. The van der Waals surface area contributed by atoms with Crippen LogP contribution < -0.4 is 26.2 Å². The Kier molecular flexibility index (Phi) is 9.13. The Morgan fingerprint density at radius 3 is 2.74 bits per heavy atom. The van der Waals surface area contributed by atoms with Crippen LogP contribution >= 0.6 is 0 Å². The van der Waals surface area contributed by atoms with Crippen LogP contribution in [0.25, 0.3) is 0 Å². The third-order valence-electron chi connectivity index (χ3n) is 8.09. The summed E-state index contributed by atoms with van der Waals surface area (Å²) in [7, 11) is -0.0201. The number of nitrogens with zero attached hydrogens (tertiary/aromatic N) is 4. The van der Waals surface area contributed by atoms with Gasteiger partial charge in [-0.3, -0.25) is 4.79 Å². The highest BCUT2D eigenvalue weighted by Gasteiger charge is 2.35. The van der Waals surface area contributed by atoms with Gasteiger partial charge >= 0.3 is 12.6 Å². The van der Waals surface area contributed by atoms with Crippen LogP contribution in [0.1, 0.15) is 53.9 Å². The zero-order chi connectivity index (χ0) is 30.8. The highest BCUT2D eigenvalue weighted by molar-refractivity contribution is 7.82. The molecule has 2 aliphatic rings. The Bertz CT molecular complexity index is 1520. The first kappa shape index (κ1) is 30.6. The van der Waals surface area contributed by atoms with Gasteiger partial charge < -0.3 is 25.5 Å². The van der Waals surface area contributed by atoms with E-state index in [-0.39, 0.29) is 29.6 Å². The molecule has 1 saturated heterocycles. The summed E-state index contributed by atoms with van der Waals surface area (Å²) in [5.41, 5.74) is 9.23. The number of halogens is 2. The van der Waals surface area contributed by atoms with Gasteiger partial charge in [0, 0.05) is 44.8 Å². The molecule has 43 heavy (non-hydrogen) atoms. The first-order chi connectivity index (χ1) is 20.5. The summed E-state index contributed by atoms with van der Waals surface area (Å²) in [4.78, 5) is 19.6. The van der Waals surface area contributed by atoms with Gasteiger partial charge in [0.1, 0.15) is 22.5 Å². The van der Waals surface area contributed by atoms with Gasteiger partial charge in [0.2, 0.25) is 0 Å². The lowest BCUT2D eigenvalue weighted by molar-refractivity contribution is -0.137. The van der Waals surface area contributed by atoms with E-state index in [1.807, 2.05) is 35.5 Å². The van der Waals surface area contributed by atoms with Crippen molar-refractivity contribution in [2.75, 3.05) is 35.8 Å². The Hall–Kier alpha value is -3.81.